The Morgan fingerprint density at radius 2 is 2.00 bits per heavy atom. The van der Waals surface area contributed by atoms with Gasteiger partial charge in [-0.25, -0.2) is 4.98 Å². The van der Waals surface area contributed by atoms with Gasteiger partial charge in [0.25, 0.3) is 5.56 Å². The highest BCUT2D eigenvalue weighted by Crippen LogP contribution is 2.19. The molecule has 0 aliphatic heterocycles. The lowest BCUT2D eigenvalue weighted by atomic mass is 10.1. The van der Waals surface area contributed by atoms with Crippen LogP contribution in [0.1, 0.15) is 16.7 Å². The topological polar surface area (TPSA) is 60.0 Å². The second kappa shape index (κ2) is 6.84. The molecule has 0 unspecified atom stereocenters. The van der Waals surface area contributed by atoms with Crippen LogP contribution in [0, 0.1) is 6.92 Å². The Labute approximate surface area is 140 Å². The van der Waals surface area contributed by atoms with Crippen molar-refractivity contribution in [2.24, 2.45) is 7.05 Å². The summed E-state index contributed by atoms with van der Waals surface area (Å²) in [6, 6.07) is 10.1. The van der Waals surface area contributed by atoms with Crippen LogP contribution in [-0.4, -0.2) is 25.8 Å². The predicted octanol–water partition coefficient (Wildman–Crippen LogP) is 2.14. The number of aryl methyl sites for hydroxylation is 2. The van der Waals surface area contributed by atoms with Crippen molar-refractivity contribution < 1.29 is 5.11 Å². The van der Waals surface area contributed by atoms with E-state index >= 15 is 0 Å². The van der Waals surface area contributed by atoms with Crippen molar-refractivity contribution in [3.8, 4) is 11.4 Å². The summed E-state index contributed by atoms with van der Waals surface area (Å²) in [5, 5.41) is 9.09. The SMILES string of the molecule is Cc1cc(-c2nccn2Cc2cccc(CCO)c2)cn(C)c1=O. The molecule has 0 fully saturated rings. The number of hydrogen-bond donors (Lipinski definition) is 1. The molecule has 124 valence electrons. The first kappa shape index (κ1) is 16.2. The van der Waals surface area contributed by atoms with E-state index in [0.29, 0.717) is 18.5 Å². The van der Waals surface area contributed by atoms with E-state index < -0.39 is 0 Å². The first-order chi connectivity index (χ1) is 11.6. The van der Waals surface area contributed by atoms with Gasteiger partial charge in [-0.3, -0.25) is 4.79 Å². The molecule has 0 amide bonds. The molecule has 5 nitrogen and oxygen atoms in total. The standard InChI is InChI=1S/C19H21N3O2/c1-14-10-17(13-21(2)19(14)24)18-20-7-8-22(18)12-16-5-3-4-15(11-16)6-9-23/h3-5,7-8,10-11,13,23H,6,9,12H2,1-2H3. The number of aliphatic hydroxyl groups is 1. The van der Waals surface area contributed by atoms with Gasteiger partial charge in [-0.2, -0.15) is 0 Å². The van der Waals surface area contributed by atoms with Crippen LogP contribution in [-0.2, 0) is 20.0 Å². The molecular weight excluding hydrogens is 302 g/mol. The van der Waals surface area contributed by atoms with Crippen molar-refractivity contribution >= 4 is 0 Å². The molecular formula is C19H21N3O2. The van der Waals surface area contributed by atoms with E-state index in [-0.39, 0.29) is 12.2 Å². The highest BCUT2D eigenvalue weighted by Gasteiger charge is 2.09. The summed E-state index contributed by atoms with van der Waals surface area (Å²) in [5.41, 5.74) is 3.91. The fraction of sp³-hybridized carbons (Fsp3) is 0.263. The summed E-state index contributed by atoms with van der Waals surface area (Å²) < 4.78 is 3.66. The van der Waals surface area contributed by atoms with Crippen LogP contribution in [0.4, 0.5) is 0 Å². The lowest BCUT2D eigenvalue weighted by Gasteiger charge is -2.11. The van der Waals surface area contributed by atoms with E-state index in [4.69, 9.17) is 5.11 Å². The van der Waals surface area contributed by atoms with Gasteiger partial charge in [0.1, 0.15) is 5.82 Å². The normalized spacial score (nSPS) is 11.0. The zero-order valence-electron chi connectivity index (χ0n) is 13.9. The molecule has 0 radical (unpaired) electrons. The van der Waals surface area contributed by atoms with E-state index in [1.807, 2.05) is 37.5 Å². The largest absolute Gasteiger partial charge is 0.396 e. The van der Waals surface area contributed by atoms with Crippen LogP contribution < -0.4 is 5.56 Å². The number of aromatic nitrogens is 3. The van der Waals surface area contributed by atoms with Crippen LogP contribution in [0.5, 0.6) is 0 Å². The first-order valence-electron chi connectivity index (χ1n) is 7.96. The molecule has 0 atom stereocenters. The Balaban J connectivity index is 1.94. The summed E-state index contributed by atoms with van der Waals surface area (Å²) in [6.45, 7) is 2.66. The van der Waals surface area contributed by atoms with Gasteiger partial charge >= 0.3 is 0 Å². The maximum atomic E-state index is 11.9. The quantitative estimate of drug-likeness (QED) is 0.782. The van der Waals surface area contributed by atoms with Gasteiger partial charge < -0.3 is 14.2 Å². The van der Waals surface area contributed by atoms with Gasteiger partial charge in [0.15, 0.2) is 0 Å². The molecule has 2 heterocycles. The van der Waals surface area contributed by atoms with Gasteiger partial charge in [-0.1, -0.05) is 24.3 Å². The fourth-order valence-electron chi connectivity index (χ4n) is 2.91. The fourth-order valence-corrected chi connectivity index (χ4v) is 2.91. The number of rotatable bonds is 5. The van der Waals surface area contributed by atoms with Gasteiger partial charge in [0, 0.05) is 49.9 Å². The molecule has 2 aromatic heterocycles. The van der Waals surface area contributed by atoms with Crippen LogP contribution in [0.25, 0.3) is 11.4 Å². The van der Waals surface area contributed by atoms with Crippen molar-refractivity contribution in [2.45, 2.75) is 19.9 Å². The minimum atomic E-state index is 0.00793. The first-order valence-corrected chi connectivity index (χ1v) is 7.96. The van der Waals surface area contributed by atoms with Crippen LogP contribution in [0.15, 0.2) is 53.7 Å². The third-order valence-electron chi connectivity index (χ3n) is 4.08. The van der Waals surface area contributed by atoms with E-state index in [9.17, 15) is 4.79 Å². The summed E-state index contributed by atoms with van der Waals surface area (Å²) in [5.74, 6) is 0.835. The lowest BCUT2D eigenvalue weighted by Crippen LogP contribution is -2.18. The number of benzene rings is 1. The molecule has 0 saturated heterocycles. The molecule has 0 saturated carbocycles. The van der Waals surface area contributed by atoms with E-state index in [0.717, 1.165) is 22.5 Å². The van der Waals surface area contributed by atoms with E-state index in [2.05, 4.69) is 21.7 Å². The molecule has 0 aliphatic rings. The predicted molar refractivity (Wildman–Crippen MR) is 94.0 cm³/mol. The molecule has 1 aromatic carbocycles. The summed E-state index contributed by atoms with van der Waals surface area (Å²) in [6.07, 6.45) is 6.18. The third-order valence-corrected chi connectivity index (χ3v) is 4.08. The van der Waals surface area contributed by atoms with Gasteiger partial charge in [-0.15, -0.1) is 0 Å². The van der Waals surface area contributed by atoms with Crippen LogP contribution >= 0.6 is 0 Å². The second-order valence-corrected chi connectivity index (χ2v) is 6.00. The lowest BCUT2D eigenvalue weighted by molar-refractivity contribution is 0.299. The van der Waals surface area contributed by atoms with E-state index in [1.54, 1.807) is 17.8 Å². The Morgan fingerprint density at radius 3 is 2.75 bits per heavy atom. The Morgan fingerprint density at radius 1 is 1.21 bits per heavy atom. The van der Waals surface area contributed by atoms with Crippen molar-refractivity contribution in [3.63, 3.8) is 0 Å². The number of pyridine rings is 1. The van der Waals surface area contributed by atoms with Crippen molar-refractivity contribution in [1.29, 1.82) is 0 Å². The van der Waals surface area contributed by atoms with Gasteiger partial charge in [0.05, 0.1) is 0 Å². The molecule has 0 spiro atoms. The smallest absolute Gasteiger partial charge is 0.253 e. The van der Waals surface area contributed by atoms with Crippen molar-refractivity contribution in [3.05, 3.63) is 76.0 Å². The third kappa shape index (κ3) is 3.31. The van der Waals surface area contributed by atoms with Crippen LogP contribution in [0.2, 0.25) is 0 Å². The monoisotopic (exact) mass is 323 g/mol. The average molecular weight is 323 g/mol. The summed E-state index contributed by atoms with van der Waals surface area (Å²) >= 11 is 0. The van der Waals surface area contributed by atoms with Crippen LogP contribution in [0.3, 0.4) is 0 Å². The number of imidazole rings is 1. The molecule has 0 aliphatic carbocycles. The molecule has 5 heteroatoms. The second-order valence-electron chi connectivity index (χ2n) is 6.00. The highest BCUT2D eigenvalue weighted by atomic mass is 16.2. The maximum Gasteiger partial charge on any atom is 0.253 e. The molecule has 3 rings (SSSR count). The summed E-state index contributed by atoms with van der Waals surface area (Å²) in [7, 11) is 1.75. The number of hydrogen-bond acceptors (Lipinski definition) is 3. The number of aliphatic hydroxyl groups excluding tert-OH is 1. The highest BCUT2D eigenvalue weighted by molar-refractivity contribution is 5.55. The number of nitrogens with zero attached hydrogens (tertiary/aromatic N) is 3. The Kier molecular flexibility index (Phi) is 4.62. The Bertz CT molecular complexity index is 883. The minimum absolute atomic E-state index is 0.00793. The molecule has 24 heavy (non-hydrogen) atoms. The molecule has 3 aromatic rings. The van der Waals surface area contributed by atoms with Gasteiger partial charge in [-0.05, 0) is 30.5 Å². The zero-order valence-corrected chi connectivity index (χ0v) is 13.9. The minimum Gasteiger partial charge on any atom is -0.396 e. The maximum absolute atomic E-state index is 11.9. The molecule has 0 bridgehead atoms. The van der Waals surface area contributed by atoms with Gasteiger partial charge in [0.2, 0.25) is 0 Å². The Hall–Kier alpha value is -2.66. The van der Waals surface area contributed by atoms with E-state index in [1.165, 1.54) is 0 Å². The van der Waals surface area contributed by atoms with Crippen molar-refractivity contribution in [2.75, 3.05) is 6.61 Å². The zero-order chi connectivity index (χ0) is 17.1. The molecule has 1 N–H and O–H groups in total. The average Bonchev–Trinajstić information content (AvgIpc) is 3.01. The summed E-state index contributed by atoms with van der Waals surface area (Å²) in [4.78, 5) is 16.3. The van der Waals surface area contributed by atoms with Crippen molar-refractivity contribution in [1.82, 2.24) is 14.1 Å².